The van der Waals surface area contributed by atoms with Crippen LogP contribution in [0, 0.1) is 5.82 Å². The summed E-state index contributed by atoms with van der Waals surface area (Å²) in [6.07, 6.45) is 2.50. The molecule has 0 saturated carbocycles. The van der Waals surface area contributed by atoms with Crippen molar-refractivity contribution >= 4 is 34.1 Å². The van der Waals surface area contributed by atoms with Crippen molar-refractivity contribution in [2.24, 2.45) is 0 Å². The number of carbonyl (C=O) groups is 1. The van der Waals surface area contributed by atoms with Gasteiger partial charge in [0, 0.05) is 30.7 Å². The average Bonchev–Trinajstić information content (AvgIpc) is 3.19. The van der Waals surface area contributed by atoms with Gasteiger partial charge in [0.15, 0.2) is 0 Å². The molecular formula is C22H19ClFN3O2. The normalized spacial score (nSPS) is 11.2. The Balaban J connectivity index is 1.48. The third-order valence-corrected chi connectivity index (χ3v) is 5.10. The molecule has 0 fully saturated rings. The zero-order valence-electron chi connectivity index (χ0n) is 15.6. The molecule has 7 heteroatoms. The van der Waals surface area contributed by atoms with Crippen molar-refractivity contribution in [3.05, 3.63) is 87.6 Å². The molecule has 148 valence electrons. The third kappa shape index (κ3) is 4.03. The Labute approximate surface area is 171 Å². The minimum Gasteiger partial charge on any atom is -0.352 e. The number of rotatable bonds is 6. The molecule has 4 aromatic rings. The summed E-state index contributed by atoms with van der Waals surface area (Å²) in [4.78, 5) is 25.0. The second-order valence-corrected chi connectivity index (χ2v) is 7.30. The van der Waals surface area contributed by atoms with Gasteiger partial charge in [-0.3, -0.25) is 9.59 Å². The molecule has 0 spiro atoms. The fourth-order valence-electron chi connectivity index (χ4n) is 3.49. The number of amides is 1. The fraction of sp³-hybridized carbons (Fsp3) is 0.182. The van der Waals surface area contributed by atoms with Crippen LogP contribution in [-0.2, 0) is 17.9 Å². The number of nitrogens with one attached hydrogen (secondary N) is 1. The lowest BCUT2D eigenvalue weighted by molar-refractivity contribution is -0.121. The highest BCUT2D eigenvalue weighted by Gasteiger charge is 2.12. The topological polar surface area (TPSA) is 55.5 Å². The number of fused-ring (bicyclic) bond motifs is 3. The number of aryl methyl sites for hydroxylation is 1. The van der Waals surface area contributed by atoms with E-state index in [1.165, 1.54) is 16.7 Å². The number of hydrogen-bond acceptors (Lipinski definition) is 2. The van der Waals surface area contributed by atoms with E-state index in [1.54, 1.807) is 40.9 Å². The summed E-state index contributed by atoms with van der Waals surface area (Å²) in [6.45, 7) is 0.717. The van der Waals surface area contributed by atoms with Crippen LogP contribution in [0.5, 0.6) is 0 Å². The van der Waals surface area contributed by atoms with Crippen molar-refractivity contribution in [3.63, 3.8) is 0 Å². The van der Waals surface area contributed by atoms with Gasteiger partial charge in [0.1, 0.15) is 11.3 Å². The molecule has 0 bridgehead atoms. The van der Waals surface area contributed by atoms with E-state index in [-0.39, 0.29) is 17.9 Å². The molecule has 29 heavy (non-hydrogen) atoms. The molecule has 1 N–H and O–H groups in total. The zero-order valence-corrected chi connectivity index (χ0v) is 16.3. The highest BCUT2D eigenvalue weighted by molar-refractivity contribution is 6.30. The summed E-state index contributed by atoms with van der Waals surface area (Å²) in [5.74, 6) is -0.520. The standard InChI is InChI=1S/C22H19ClFN3O2/c23-16-5-1-4-15(12-16)14-25-21(28)7-3-11-27-20-13-17(24)8-9-18(20)26-10-2-6-19(26)22(27)29/h1-2,4-6,8-10,12-13H,3,7,11,14H2,(H,25,28). The Morgan fingerprint density at radius 1 is 1.03 bits per heavy atom. The predicted molar refractivity (Wildman–Crippen MR) is 112 cm³/mol. The molecule has 0 saturated heterocycles. The first-order valence-electron chi connectivity index (χ1n) is 9.33. The monoisotopic (exact) mass is 411 g/mol. The van der Waals surface area contributed by atoms with E-state index in [0.717, 1.165) is 11.1 Å². The molecule has 0 unspecified atom stereocenters. The maximum atomic E-state index is 13.8. The van der Waals surface area contributed by atoms with Crippen LogP contribution < -0.4 is 10.9 Å². The van der Waals surface area contributed by atoms with Crippen molar-refractivity contribution in [2.45, 2.75) is 25.9 Å². The number of nitrogens with zero attached hydrogens (tertiary/aromatic N) is 2. The Morgan fingerprint density at radius 3 is 2.72 bits per heavy atom. The molecule has 4 rings (SSSR count). The molecule has 2 aromatic heterocycles. The van der Waals surface area contributed by atoms with Crippen LogP contribution in [0.25, 0.3) is 16.6 Å². The van der Waals surface area contributed by atoms with E-state index >= 15 is 0 Å². The number of halogens is 2. The van der Waals surface area contributed by atoms with Crippen molar-refractivity contribution in [1.29, 1.82) is 0 Å². The second kappa shape index (κ2) is 8.09. The van der Waals surface area contributed by atoms with Gasteiger partial charge < -0.3 is 14.3 Å². The van der Waals surface area contributed by atoms with Crippen molar-refractivity contribution in [1.82, 2.24) is 14.3 Å². The van der Waals surface area contributed by atoms with Crippen LogP contribution in [0.4, 0.5) is 4.39 Å². The molecule has 0 aliphatic carbocycles. The van der Waals surface area contributed by atoms with Crippen molar-refractivity contribution in [2.75, 3.05) is 0 Å². The predicted octanol–water partition coefficient (Wildman–Crippen LogP) is 4.14. The van der Waals surface area contributed by atoms with Crippen LogP contribution in [0.3, 0.4) is 0 Å². The lowest BCUT2D eigenvalue weighted by atomic mass is 10.2. The van der Waals surface area contributed by atoms with Gasteiger partial charge in [0.2, 0.25) is 5.91 Å². The summed E-state index contributed by atoms with van der Waals surface area (Å²) in [7, 11) is 0. The smallest absolute Gasteiger partial charge is 0.275 e. The summed E-state index contributed by atoms with van der Waals surface area (Å²) in [6, 6.07) is 15.2. The van der Waals surface area contributed by atoms with E-state index in [9.17, 15) is 14.0 Å². The molecule has 2 aromatic carbocycles. The lowest BCUT2D eigenvalue weighted by Gasteiger charge is -2.13. The van der Waals surface area contributed by atoms with Gasteiger partial charge >= 0.3 is 0 Å². The van der Waals surface area contributed by atoms with Gasteiger partial charge in [-0.05, 0) is 54.4 Å². The largest absolute Gasteiger partial charge is 0.352 e. The molecule has 0 atom stereocenters. The van der Waals surface area contributed by atoms with Crippen molar-refractivity contribution in [3.8, 4) is 0 Å². The molecule has 1 amide bonds. The first kappa shape index (κ1) is 19.2. The van der Waals surface area contributed by atoms with Crippen LogP contribution in [0.15, 0.2) is 65.6 Å². The molecule has 0 radical (unpaired) electrons. The molecular weight excluding hydrogens is 393 g/mol. The molecule has 5 nitrogen and oxygen atoms in total. The van der Waals surface area contributed by atoms with Crippen LogP contribution in [0.1, 0.15) is 18.4 Å². The molecule has 2 heterocycles. The van der Waals surface area contributed by atoms with Crippen LogP contribution in [0.2, 0.25) is 5.02 Å². The SMILES string of the molecule is O=C(CCCn1c(=O)c2cccn2c2ccc(F)cc21)NCc1cccc(Cl)c1. The fourth-order valence-corrected chi connectivity index (χ4v) is 3.70. The first-order chi connectivity index (χ1) is 14.0. The number of aromatic nitrogens is 2. The van der Waals surface area contributed by atoms with Gasteiger partial charge in [0.25, 0.3) is 5.56 Å². The summed E-state index contributed by atoms with van der Waals surface area (Å²) < 4.78 is 17.1. The van der Waals surface area contributed by atoms with Gasteiger partial charge in [-0.1, -0.05) is 23.7 Å². The summed E-state index contributed by atoms with van der Waals surface area (Å²) in [5.41, 5.74) is 2.50. The van der Waals surface area contributed by atoms with E-state index in [1.807, 2.05) is 12.1 Å². The number of carbonyl (C=O) groups excluding carboxylic acids is 1. The highest BCUT2D eigenvalue weighted by atomic mass is 35.5. The van der Waals surface area contributed by atoms with E-state index in [4.69, 9.17) is 11.6 Å². The zero-order chi connectivity index (χ0) is 20.4. The summed E-state index contributed by atoms with van der Waals surface area (Å²) in [5, 5.41) is 3.47. The van der Waals surface area contributed by atoms with E-state index in [0.29, 0.717) is 35.6 Å². The lowest BCUT2D eigenvalue weighted by Crippen LogP contribution is -2.25. The number of benzene rings is 2. The minimum absolute atomic E-state index is 0.114. The molecule has 0 aliphatic heterocycles. The Hall–Kier alpha value is -3.12. The quantitative estimate of drug-likeness (QED) is 0.518. The highest BCUT2D eigenvalue weighted by Crippen LogP contribution is 2.17. The van der Waals surface area contributed by atoms with E-state index in [2.05, 4.69) is 5.32 Å². The third-order valence-electron chi connectivity index (χ3n) is 4.87. The van der Waals surface area contributed by atoms with Crippen LogP contribution in [-0.4, -0.2) is 14.9 Å². The van der Waals surface area contributed by atoms with Gasteiger partial charge in [-0.25, -0.2) is 4.39 Å². The summed E-state index contributed by atoms with van der Waals surface area (Å²) >= 11 is 5.94. The van der Waals surface area contributed by atoms with Crippen molar-refractivity contribution < 1.29 is 9.18 Å². The number of hydrogen-bond donors (Lipinski definition) is 1. The van der Waals surface area contributed by atoms with Gasteiger partial charge in [-0.2, -0.15) is 0 Å². The Kier molecular flexibility index (Phi) is 5.36. The minimum atomic E-state index is -0.406. The van der Waals surface area contributed by atoms with Crippen LogP contribution >= 0.6 is 11.6 Å². The molecule has 0 aliphatic rings. The first-order valence-corrected chi connectivity index (χ1v) is 9.71. The average molecular weight is 412 g/mol. The van der Waals surface area contributed by atoms with Gasteiger partial charge in [0.05, 0.1) is 11.0 Å². The second-order valence-electron chi connectivity index (χ2n) is 6.86. The van der Waals surface area contributed by atoms with Gasteiger partial charge in [-0.15, -0.1) is 0 Å². The maximum Gasteiger partial charge on any atom is 0.275 e. The maximum absolute atomic E-state index is 13.8. The Bertz CT molecular complexity index is 1260. The Morgan fingerprint density at radius 2 is 1.90 bits per heavy atom. The van der Waals surface area contributed by atoms with E-state index < -0.39 is 5.82 Å².